The molecule has 1 N–H and O–H groups in total. The molecule has 0 aromatic heterocycles. The molecule has 0 saturated carbocycles. The summed E-state index contributed by atoms with van der Waals surface area (Å²) in [5, 5.41) is -0.681. The van der Waals surface area contributed by atoms with Gasteiger partial charge in [-0.2, -0.15) is 25.9 Å². The first kappa shape index (κ1) is 25.1. The third-order valence-corrected chi connectivity index (χ3v) is 6.09. The van der Waals surface area contributed by atoms with E-state index in [1.807, 2.05) is 0 Å². The highest BCUT2D eigenvalue weighted by molar-refractivity contribution is 7.87. The van der Waals surface area contributed by atoms with Crippen LogP contribution in [0.25, 0.3) is 0 Å². The van der Waals surface area contributed by atoms with Gasteiger partial charge in [-0.3, -0.25) is 4.79 Å². The second-order valence-corrected chi connectivity index (χ2v) is 8.99. The van der Waals surface area contributed by atoms with Crippen LogP contribution in [0.3, 0.4) is 0 Å². The highest BCUT2D eigenvalue weighted by Crippen LogP contribution is 2.36. The minimum absolute atomic E-state index is 0.188. The molecule has 0 spiro atoms. The number of carbonyl (C=O) groups is 1. The predicted molar refractivity (Wildman–Crippen MR) is 100 cm³/mol. The lowest BCUT2D eigenvalue weighted by Gasteiger charge is -2.37. The zero-order chi connectivity index (χ0) is 24.8. The van der Waals surface area contributed by atoms with Crippen LogP contribution in [0.1, 0.15) is 21.5 Å². The molecule has 6 nitrogen and oxygen atoms in total. The Morgan fingerprint density at radius 2 is 1.76 bits per heavy atom. The maximum Gasteiger partial charge on any atom is 0.417 e. The molecule has 1 fully saturated rings. The van der Waals surface area contributed by atoms with Gasteiger partial charge in [-0.1, -0.05) is 11.6 Å². The summed E-state index contributed by atoms with van der Waals surface area (Å²) in [6.45, 7) is -3.01. The number of hydrogen-bond donors (Lipinski definition) is 1. The quantitative estimate of drug-likeness (QED) is 0.581. The average molecular weight is 521 g/mol. The number of carbonyl (C=O) groups excluding carboxylic acids is 1. The van der Waals surface area contributed by atoms with Crippen molar-refractivity contribution < 1.29 is 48.7 Å². The van der Waals surface area contributed by atoms with E-state index in [2.05, 4.69) is 0 Å². The number of alkyl halides is 5. The number of nitrogens with zero attached hydrogens (tertiary/aromatic N) is 1. The molecular weight excluding hydrogens is 509 g/mol. The first-order valence-electron chi connectivity index (χ1n) is 8.76. The fraction of sp³-hybridized carbons (Fsp3) is 0.278. The van der Waals surface area contributed by atoms with Crippen molar-refractivity contribution in [1.82, 2.24) is 9.03 Å². The van der Waals surface area contributed by atoms with Crippen molar-refractivity contribution in [3.63, 3.8) is 0 Å². The van der Waals surface area contributed by atoms with Crippen molar-refractivity contribution in [2.75, 3.05) is 13.1 Å². The van der Waals surface area contributed by atoms with Crippen molar-refractivity contribution >= 4 is 27.7 Å². The topological polar surface area (TPSA) is 75.7 Å². The molecule has 2 aromatic rings. The van der Waals surface area contributed by atoms with Crippen LogP contribution in [-0.2, 0) is 23.0 Å². The Bertz CT molecular complexity index is 1200. The van der Waals surface area contributed by atoms with Gasteiger partial charge in [0.25, 0.3) is 11.8 Å². The molecule has 1 saturated heterocycles. The number of hydrogen-bond acceptors (Lipinski definition) is 4. The minimum Gasteiger partial charge on any atom is -0.489 e. The molecule has 0 radical (unpaired) electrons. The number of ether oxygens (including phenoxy) is 1. The third kappa shape index (κ3) is 5.68. The molecule has 180 valence electrons. The zero-order valence-corrected chi connectivity index (χ0v) is 17.6. The number of benzene rings is 2. The smallest absolute Gasteiger partial charge is 0.417 e. The van der Waals surface area contributed by atoms with E-state index in [0.717, 1.165) is 12.1 Å². The molecule has 0 aliphatic carbocycles. The van der Waals surface area contributed by atoms with E-state index in [1.165, 1.54) is 4.72 Å². The first-order valence-corrected chi connectivity index (χ1v) is 10.6. The minimum atomic E-state index is -4.70. The van der Waals surface area contributed by atoms with Crippen LogP contribution in [0, 0.1) is 11.6 Å². The molecule has 1 aliphatic heterocycles. The summed E-state index contributed by atoms with van der Waals surface area (Å²) in [6.07, 6.45) is -4.70. The van der Waals surface area contributed by atoms with Gasteiger partial charge >= 0.3 is 16.4 Å². The van der Waals surface area contributed by atoms with Gasteiger partial charge < -0.3 is 4.74 Å². The highest BCUT2D eigenvalue weighted by Gasteiger charge is 2.50. The summed E-state index contributed by atoms with van der Waals surface area (Å²) in [6, 6.07) is 3.25. The van der Waals surface area contributed by atoms with Crippen molar-refractivity contribution in [3.8, 4) is 5.75 Å². The average Bonchev–Trinajstić information content (AvgIpc) is 2.65. The maximum atomic E-state index is 14.3. The van der Waals surface area contributed by atoms with Crippen LogP contribution in [0.2, 0.25) is 5.02 Å². The molecule has 33 heavy (non-hydrogen) atoms. The lowest BCUT2D eigenvalue weighted by molar-refractivity contribution is -0.137. The fourth-order valence-electron chi connectivity index (χ4n) is 2.73. The Morgan fingerprint density at radius 1 is 1.12 bits per heavy atom. The Hall–Kier alpha value is -2.58. The normalized spacial score (nSPS) is 16.2. The molecule has 0 unspecified atom stereocenters. The van der Waals surface area contributed by atoms with Crippen molar-refractivity contribution in [2.24, 2.45) is 0 Å². The van der Waals surface area contributed by atoms with Gasteiger partial charge in [0.1, 0.15) is 24.0 Å². The Labute approximate surface area is 187 Å². The van der Waals surface area contributed by atoms with Gasteiger partial charge in [0.2, 0.25) is 0 Å². The maximum absolute atomic E-state index is 14.3. The van der Waals surface area contributed by atoms with E-state index < -0.39 is 81.3 Å². The Morgan fingerprint density at radius 3 is 2.30 bits per heavy atom. The van der Waals surface area contributed by atoms with Gasteiger partial charge in [0.15, 0.2) is 0 Å². The number of halogens is 8. The Balaban J connectivity index is 1.70. The number of amides is 1. The summed E-state index contributed by atoms with van der Waals surface area (Å²) in [5.74, 6) is -7.60. The standard InChI is InChI=1S/C18H12ClF7N2O4S/c19-13-4-10(1-2-12(13)18(24,25)26)32-6-9-3-15(21)11(5-14(9)20)16(29)27-33(30,31)28-7-17(22,23)8-28/h1-5H,6-8H2,(H,27,29). The largest absolute Gasteiger partial charge is 0.489 e. The lowest BCUT2D eigenvalue weighted by Crippen LogP contribution is -2.61. The number of nitrogens with one attached hydrogen (secondary N) is 1. The molecule has 0 atom stereocenters. The molecule has 15 heteroatoms. The second kappa shape index (κ2) is 8.65. The predicted octanol–water partition coefficient (Wildman–Crippen LogP) is 4.14. The molecule has 0 bridgehead atoms. The second-order valence-electron chi connectivity index (χ2n) is 6.91. The van der Waals surface area contributed by atoms with E-state index in [0.29, 0.717) is 18.2 Å². The van der Waals surface area contributed by atoms with Crippen molar-refractivity contribution in [3.05, 3.63) is 63.7 Å². The monoisotopic (exact) mass is 520 g/mol. The van der Waals surface area contributed by atoms with Crippen LogP contribution in [-0.4, -0.2) is 37.6 Å². The van der Waals surface area contributed by atoms with Gasteiger partial charge in [-0.25, -0.2) is 22.3 Å². The summed E-state index contributed by atoms with van der Waals surface area (Å²) >= 11 is 5.54. The fourth-order valence-corrected chi connectivity index (χ4v) is 4.19. The lowest BCUT2D eigenvalue weighted by atomic mass is 10.1. The zero-order valence-electron chi connectivity index (χ0n) is 16.0. The summed E-state index contributed by atoms with van der Waals surface area (Å²) < 4.78 is 123. The van der Waals surface area contributed by atoms with E-state index in [4.69, 9.17) is 16.3 Å². The molecule has 2 aromatic carbocycles. The third-order valence-electron chi connectivity index (χ3n) is 4.40. The summed E-state index contributed by atoms with van der Waals surface area (Å²) in [7, 11) is -4.70. The first-order chi connectivity index (χ1) is 15.1. The molecular formula is C18H12ClF7N2O4S. The SMILES string of the molecule is O=C(NS(=O)(=O)N1CC(F)(F)C1)c1cc(F)c(COc2ccc(C(F)(F)F)c(Cl)c2)cc1F. The van der Waals surface area contributed by atoms with E-state index in [9.17, 15) is 43.9 Å². The molecule has 3 rings (SSSR count). The van der Waals surface area contributed by atoms with Gasteiger partial charge in [0.05, 0.1) is 29.2 Å². The van der Waals surface area contributed by atoms with Gasteiger partial charge in [-0.05, 0) is 30.3 Å². The summed E-state index contributed by atoms with van der Waals surface area (Å²) in [4.78, 5) is 12.0. The highest BCUT2D eigenvalue weighted by atomic mass is 35.5. The van der Waals surface area contributed by atoms with E-state index in [1.54, 1.807) is 0 Å². The molecule has 1 amide bonds. The van der Waals surface area contributed by atoms with Crippen molar-refractivity contribution in [1.29, 1.82) is 0 Å². The van der Waals surface area contributed by atoms with Crippen LogP contribution < -0.4 is 9.46 Å². The summed E-state index contributed by atoms with van der Waals surface area (Å²) in [5.41, 5.74) is -2.60. The number of rotatable bonds is 6. The van der Waals surface area contributed by atoms with Gasteiger partial charge in [-0.15, -0.1) is 0 Å². The molecule has 1 heterocycles. The van der Waals surface area contributed by atoms with E-state index in [-0.39, 0.29) is 10.1 Å². The Kier molecular flexibility index (Phi) is 6.56. The van der Waals surface area contributed by atoms with Crippen LogP contribution >= 0.6 is 11.6 Å². The van der Waals surface area contributed by atoms with Crippen LogP contribution in [0.5, 0.6) is 5.75 Å². The van der Waals surface area contributed by atoms with Crippen molar-refractivity contribution in [2.45, 2.75) is 18.7 Å². The molecule has 1 aliphatic rings. The van der Waals surface area contributed by atoms with E-state index >= 15 is 0 Å². The van der Waals surface area contributed by atoms with Crippen LogP contribution in [0.4, 0.5) is 30.7 Å². The van der Waals surface area contributed by atoms with Crippen LogP contribution in [0.15, 0.2) is 30.3 Å². The van der Waals surface area contributed by atoms with Gasteiger partial charge in [0, 0.05) is 5.56 Å².